The third-order valence-electron chi connectivity index (χ3n) is 1.91. The monoisotopic (exact) mass is 309 g/mol. The van der Waals surface area contributed by atoms with Crippen LogP contribution < -0.4 is 4.72 Å². The van der Waals surface area contributed by atoms with Gasteiger partial charge in [0.25, 0.3) is 10.0 Å². The van der Waals surface area contributed by atoms with Crippen LogP contribution in [0.15, 0.2) is 11.4 Å². The lowest BCUT2D eigenvalue weighted by molar-refractivity contribution is -0.122. The molecule has 0 aliphatic rings. The molecule has 5 nitrogen and oxygen atoms in total. The first-order valence-electron chi connectivity index (χ1n) is 4.40. The standard InChI is InChI=1S/C7H8ClF4N3O2S/c1-15-3-13-5(4(15)8)18(16,17)14-2-7(11,12)6(9)10/h3,6,14H,2H2,1H3. The molecule has 104 valence electrons. The number of sulfonamides is 1. The summed E-state index contributed by atoms with van der Waals surface area (Å²) >= 11 is 5.55. The van der Waals surface area contributed by atoms with E-state index in [9.17, 15) is 26.0 Å². The summed E-state index contributed by atoms with van der Waals surface area (Å²) in [6.07, 6.45) is -2.93. The largest absolute Gasteiger partial charge is 0.324 e. The highest BCUT2D eigenvalue weighted by atomic mass is 35.5. The van der Waals surface area contributed by atoms with Gasteiger partial charge in [-0.2, -0.15) is 8.78 Å². The first kappa shape index (κ1) is 15.2. The number of aryl methyl sites for hydroxylation is 1. The maximum atomic E-state index is 12.6. The number of hydrogen-bond acceptors (Lipinski definition) is 3. The first-order valence-corrected chi connectivity index (χ1v) is 6.26. The molecule has 0 unspecified atom stereocenters. The van der Waals surface area contributed by atoms with Crippen LogP contribution in [-0.2, 0) is 17.1 Å². The molecule has 1 N–H and O–H groups in total. The van der Waals surface area contributed by atoms with Crippen molar-refractivity contribution < 1.29 is 26.0 Å². The summed E-state index contributed by atoms with van der Waals surface area (Å²) < 4.78 is 74.2. The number of imidazole rings is 1. The molecule has 0 aromatic carbocycles. The van der Waals surface area contributed by atoms with Gasteiger partial charge in [-0.1, -0.05) is 11.6 Å². The molecule has 0 aliphatic carbocycles. The second-order valence-electron chi connectivity index (χ2n) is 3.34. The van der Waals surface area contributed by atoms with Crippen molar-refractivity contribution in [2.75, 3.05) is 6.54 Å². The van der Waals surface area contributed by atoms with Gasteiger partial charge in [-0.15, -0.1) is 0 Å². The van der Waals surface area contributed by atoms with E-state index in [0.717, 1.165) is 10.9 Å². The van der Waals surface area contributed by atoms with Crippen molar-refractivity contribution in [3.8, 4) is 0 Å². The van der Waals surface area contributed by atoms with Gasteiger partial charge in [0.05, 0.1) is 12.9 Å². The number of alkyl halides is 4. The summed E-state index contributed by atoms with van der Waals surface area (Å²) in [6, 6.07) is 0. The number of aromatic nitrogens is 2. The molecular formula is C7H8ClF4N3O2S. The average Bonchev–Trinajstić information content (AvgIpc) is 2.58. The van der Waals surface area contributed by atoms with Gasteiger partial charge in [0.15, 0.2) is 0 Å². The molecule has 1 rings (SSSR count). The van der Waals surface area contributed by atoms with Gasteiger partial charge in [0.2, 0.25) is 5.03 Å². The zero-order valence-corrected chi connectivity index (χ0v) is 10.4. The van der Waals surface area contributed by atoms with Crippen LogP contribution in [0, 0.1) is 0 Å². The van der Waals surface area contributed by atoms with E-state index in [4.69, 9.17) is 11.6 Å². The van der Waals surface area contributed by atoms with Crippen molar-refractivity contribution in [3.63, 3.8) is 0 Å². The molecule has 11 heteroatoms. The van der Waals surface area contributed by atoms with Gasteiger partial charge < -0.3 is 4.57 Å². The quantitative estimate of drug-likeness (QED) is 0.833. The molecule has 1 aromatic heterocycles. The predicted octanol–water partition coefficient (Wildman–Crippen LogP) is 1.25. The van der Waals surface area contributed by atoms with Gasteiger partial charge >= 0.3 is 12.3 Å². The predicted molar refractivity (Wildman–Crippen MR) is 54.4 cm³/mol. The SMILES string of the molecule is Cn1cnc(S(=O)(=O)NCC(F)(F)C(F)F)c1Cl. The fourth-order valence-corrected chi connectivity index (χ4v) is 2.38. The van der Waals surface area contributed by atoms with Crippen molar-refractivity contribution in [2.24, 2.45) is 7.05 Å². The van der Waals surface area contributed by atoms with Gasteiger partial charge in [-0.05, 0) is 0 Å². The topological polar surface area (TPSA) is 64.0 Å². The van der Waals surface area contributed by atoms with Crippen LogP contribution >= 0.6 is 11.6 Å². The second kappa shape index (κ2) is 5.02. The summed E-state index contributed by atoms with van der Waals surface area (Å²) in [5.74, 6) is -4.46. The highest BCUT2D eigenvalue weighted by Crippen LogP contribution is 2.23. The number of hydrogen-bond donors (Lipinski definition) is 1. The van der Waals surface area contributed by atoms with Crippen LogP contribution in [0.2, 0.25) is 5.15 Å². The molecule has 1 aromatic rings. The fraction of sp³-hybridized carbons (Fsp3) is 0.571. The van der Waals surface area contributed by atoms with Crippen molar-refractivity contribution in [1.29, 1.82) is 0 Å². The van der Waals surface area contributed by atoms with Crippen molar-refractivity contribution in [1.82, 2.24) is 14.3 Å². The van der Waals surface area contributed by atoms with Crippen LogP contribution in [0.1, 0.15) is 0 Å². The maximum absolute atomic E-state index is 12.6. The van der Waals surface area contributed by atoms with Crippen molar-refractivity contribution >= 4 is 21.6 Å². The number of halogens is 5. The van der Waals surface area contributed by atoms with E-state index in [0.29, 0.717) is 0 Å². The summed E-state index contributed by atoms with van der Waals surface area (Å²) in [4.78, 5) is 3.38. The molecule has 1 heterocycles. The van der Waals surface area contributed by atoms with E-state index in [2.05, 4.69) is 4.98 Å². The van der Waals surface area contributed by atoms with Crippen LogP contribution in [0.5, 0.6) is 0 Å². The Kier molecular flexibility index (Phi) is 4.23. The summed E-state index contributed by atoms with van der Waals surface area (Å²) in [5.41, 5.74) is 0. The Hall–Kier alpha value is -0.870. The lowest BCUT2D eigenvalue weighted by Gasteiger charge is -2.15. The van der Waals surface area contributed by atoms with E-state index in [-0.39, 0.29) is 5.15 Å². The van der Waals surface area contributed by atoms with E-state index >= 15 is 0 Å². The molecule has 0 aliphatic heterocycles. The number of nitrogens with one attached hydrogen (secondary N) is 1. The van der Waals surface area contributed by atoms with Crippen LogP contribution in [0.25, 0.3) is 0 Å². The highest BCUT2D eigenvalue weighted by molar-refractivity contribution is 7.89. The third-order valence-corrected chi connectivity index (χ3v) is 3.80. The molecule has 0 spiro atoms. The van der Waals surface area contributed by atoms with Crippen molar-refractivity contribution in [3.05, 3.63) is 11.5 Å². The molecular weight excluding hydrogens is 302 g/mol. The Morgan fingerprint density at radius 1 is 1.56 bits per heavy atom. The van der Waals surface area contributed by atoms with Crippen LogP contribution in [-0.4, -0.2) is 36.9 Å². The molecule has 0 bridgehead atoms. The van der Waals surface area contributed by atoms with Gasteiger partial charge in [0.1, 0.15) is 5.15 Å². The summed E-state index contributed by atoms with van der Waals surface area (Å²) in [7, 11) is -3.09. The average molecular weight is 310 g/mol. The van der Waals surface area contributed by atoms with Gasteiger partial charge in [0, 0.05) is 7.05 Å². The molecule has 0 atom stereocenters. The normalized spacial score (nSPS) is 13.3. The van der Waals surface area contributed by atoms with Crippen LogP contribution in [0.3, 0.4) is 0 Å². The molecule has 0 saturated carbocycles. The zero-order chi connectivity index (χ0) is 14.1. The molecule has 0 saturated heterocycles. The Morgan fingerprint density at radius 2 is 2.11 bits per heavy atom. The summed E-state index contributed by atoms with van der Waals surface area (Å²) in [6.45, 7) is -1.74. The Labute approximate surface area is 105 Å². The highest BCUT2D eigenvalue weighted by Gasteiger charge is 2.42. The molecule has 0 amide bonds. The maximum Gasteiger partial charge on any atom is 0.320 e. The molecule has 0 radical (unpaired) electrons. The number of rotatable bonds is 5. The smallest absolute Gasteiger partial charge is 0.320 e. The Bertz CT molecular complexity index is 531. The minimum absolute atomic E-state index is 0.317. The Balaban J connectivity index is 2.88. The minimum Gasteiger partial charge on any atom is -0.324 e. The third kappa shape index (κ3) is 3.12. The summed E-state index contributed by atoms with van der Waals surface area (Å²) in [5, 5.41) is -1.01. The Morgan fingerprint density at radius 3 is 2.50 bits per heavy atom. The van der Waals surface area contributed by atoms with Gasteiger partial charge in [-0.3, -0.25) is 0 Å². The van der Waals surface area contributed by atoms with E-state index in [1.165, 1.54) is 11.8 Å². The fourth-order valence-electron chi connectivity index (χ4n) is 0.911. The minimum atomic E-state index is -4.46. The van der Waals surface area contributed by atoms with E-state index in [1.807, 2.05) is 0 Å². The lowest BCUT2D eigenvalue weighted by atomic mass is 10.4. The molecule has 0 fully saturated rings. The lowest BCUT2D eigenvalue weighted by Crippen LogP contribution is -2.41. The van der Waals surface area contributed by atoms with E-state index in [1.54, 1.807) is 0 Å². The van der Waals surface area contributed by atoms with Gasteiger partial charge in [-0.25, -0.2) is 26.9 Å². The van der Waals surface area contributed by atoms with Crippen molar-refractivity contribution in [2.45, 2.75) is 17.4 Å². The second-order valence-corrected chi connectivity index (χ2v) is 5.38. The first-order chi connectivity index (χ1) is 8.08. The van der Waals surface area contributed by atoms with E-state index < -0.39 is 33.9 Å². The van der Waals surface area contributed by atoms with Crippen LogP contribution in [0.4, 0.5) is 17.6 Å². The number of nitrogens with zero attached hydrogens (tertiary/aromatic N) is 2. The zero-order valence-electron chi connectivity index (χ0n) is 8.87. The molecule has 18 heavy (non-hydrogen) atoms.